The van der Waals surface area contributed by atoms with Gasteiger partial charge in [0, 0.05) is 6.04 Å². The molecule has 0 aliphatic rings. The fourth-order valence-corrected chi connectivity index (χ4v) is 1.60. The number of nitrogens with one attached hydrogen (secondary N) is 1. The van der Waals surface area contributed by atoms with E-state index in [9.17, 15) is 0 Å². The van der Waals surface area contributed by atoms with E-state index in [1.165, 1.54) is 6.33 Å². The van der Waals surface area contributed by atoms with Crippen molar-refractivity contribution in [1.82, 2.24) is 14.9 Å². The van der Waals surface area contributed by atoms with Crippen LogP contribution in [0.25, 0.3) is 0 Å². The van der Waals surface area contributed by atoms with E-state index in [1.54, 1.807) is 7.11 Å². The van der Waals surface area contributed by atoms with Gasteiger partial charge in [-0.2, -0.15) is 0 Å². The van der Waals surface area contributed by atoms with E-state index in [0.29, 0.717) is 16.7 Å². The lowest BCUT2D eigenvalue weighted by Crippen LogP contribution is -2.23. The maximum Gasteiger partial charge on any atom is 0.198 e. The average molecular weight is 259 g/mol. The van der Waals surface area contributed by atoms with Crippen LogP contribution in [0.1, 0.15) is 13.3 Å². The van der Waals surface area contributed by atoms with Gasteiger partial charge in [0.1, 0.15) is 6.33 Å². The van der Waals surface area contributed by atoms with Crippen molar-refractivity contribution >= 4 is 17.4 Å². The molecule has 0 bridgehead atoms. The van der Waals surface area contributed by atoms with Crippen molar-refractivity contribution in [2.75, 3.05) is 33.1 Å². The van der Waals surface area contributed by atoms with E-state index in [2.05, 4.69) is 41.2 Å². The number of methoxy groups -OCH3 is 1. The summed E-state index contributed by atoms with van der Waals surface area (Å²) in [5.41, 5.74) is 0. The normalized spacial score (nSPS) is 12.6. The predicted octanol–water partition coefficient (Wildman–Crippen LogP) is 1.89. The Morgan fingerprint density at radius 1 is 1.47 bits per heavy atom. The SMILES string of the molecule is COc1c(Cl)ncnc1NC(C)CCN(C)C. The van der Waals surface area contributed by atoms with Gasteiger partial charge in [0.25, 0.3) is 0 Å². The van der Waals surface area contributed by atoms with Gasteiger partial charge in [-0.05, 0) is 34.0 Å². The fraction of sp³-hybridized carbons (Fsp3) is 0.636. The minimum atomic E-state index is 0.289. The van der Waals surface area contributed by atoms with E-state index in [1.807, 2.05) is 0 Å². The summed E-state index contributed by atoms with van der Waals surface area (Å²) in [6.07, 6.45) is 2.43. The van der Waals surface area contributed by atoms with Crippen LogP contribution in [0.15, 0.2) is 6.33 Å². The molecule has 0 saturated heterocycles. The molecule has 1 atom stereocenters. The summed E-state index contributed by atoms with van der Waals surface area (Å²) in [5, 5.41) is 3.59. The predicted molar refractivity (Wildman–Crippen MR) is 69.8 cm³/mol. The molecule has 0 aliphatic carbocycles. The van der Waals surface area contributed by atoms with Gasteiger partial charge in [-0.15, -0.1) is 0 Å². The molecule has 17 heavy (non-hydrogen) atoms. The lowest BCUT2D eigenvalue weighted by atomic mass is 10.2. The molecule has 1 rings (SSSR count). The molecule has 0 amide bonds. The van der Waals surface area contributed by atoms with Crippen molar-refractivity contribution in [3.63, 3.8) is 0 Å². The number of anilines is 1. The number of rotatable bonds is 6. The summed E-state index contributed by atoms with van der Waals surface area (Å²) >= 11 is 5.92. The molecule has 0 saturated carbocycles. The first-order chi connectivity index (χ1) is 8.04. The third kappa shape index (κ3) is 4.36. The lowest BCUT2D eigenvalue weighted by Gasteiger charge is -2.18. The molecule has 0 spiro atoms. The number of hydrogen-bond donors (Lipinski definition) is 1. The van der Waals surface area contributed by atoms with Crippen LogP contribution in [-0.2, 0) is 0 Å². The second-order valence-electron chi connectivity index (χ2n) is 4.18. The van der Waals surface area contributed by atoms with Crippen LogP contribution in [0.2, 0.25) is 5.15 Å². The molecule has 1 aromatic heterocycles. The summed E-state index contributed by atoms with van der Waals surface area (Å²) in [7, 11) is 5.66. The summed E-state index contributed by atoms with van der Waals surface area (Å²) in [6.45, 7) is 3.11. The van der Waals surface area contributed by atoms with Gasteiger partial charge in [0.15, 0.2) is 16.7 Å². The first kappa shape index (κ1) is 14.0. The van der Waals surface area contributed by atoms with Gasteiger partial charge in [-0.1, -0.05) is 11.6 Å². The van der Waals surface area contributed by atoms with Gasteiger partial charge in [-0.3, -0.25) is 0 Å². The minimum absolute atomic E-state index is 0.289. The highest BCUT2D eigenvalue weighted by atomic mass is 35.5. The van der Waals surface area contributed by atoms with Crippen LogP contribution in [0, 0.1) is 0 Å². The van der Waals surface area contributed by atoms with E-state index >= 15 is 0 Å². The standard InChI is InChI=1S/C11H19ClN4O/c1-8(5-6-16(2)3)15-11-9(17-4)10(12)13-7-14-11/h7-8H,5-6H2,1-4H3,(H,13,14,15). The van der Waals surface area contributed by atoms with Crippen LogP contribution < -0.4 is 10.1 Å². The van der Waals surface area contributed by atoms with Crippen molar-refractivity contribution in [2.45, 2.75) is 19.4 Å². The highest BCUT2D eigenvalue weighted by Crippen LogP contribution is 2.28. The zero-order chi connectivity index (χ0) is 12.8. The topological polar surface area (TPSA) is 50.3 Å². The van der Waals surface area contributed by atoms with Crippen LogP contribution >= 0.6 is 11.6 Å². The molecule has 0 radical (unpaired) electrons. The number of halogens is 1. The van der Waals surface area contributed by atoms with Gasteiger partial charge in [0.2, 0.25) is 0 Å². The van der Waals surface area contributed by atoms with Crippen molar-refractivity contribution in [3.8, 4) is 5.75 Å². The highest BCUT2D eigenvalue weighted by Gasteiger charge is 2.12. The second kappa shape index (κ2) is 6.61. The van der Waals surface area contributed by atoms with Gasteiger partial charge in [-0.25, -0.2) is 9.97 Å². The maximum atomic E-state index is 5.92. The van der Waals surface area contributed by atoms with Gasteiger partial charge >= 0.3 is 0 Å². The monoisotopic (exact) mass is 258 g/mol. The molecule has 1 aromatic rings. The molecule has 0 aromatic carbocycles. The Hall–Kier alpha value is -1.07. The first-order valence-corrected chi connectivity index (χ1v) is 5.88. The molecule has 1 heterocycles. The number of ether oxygens (including phenoxy) is 1. The quantitative estimate of drug-likeness (QED) is 0.790. The second-order valence-corrected chi connectivity index (χ2v) is 4.54. The Bertz CT molecular complexity index is 359. The van der Waals surface area contributed by atoms with Crippen LogP contribution in [0.4, 0.5) is 5.82 Å². The molecule has 96 valence electrons. The average Bonchev–Trinajstić information content (AvgIpc) is 2.27. The molecule has 1 N–H and O–H groups in total. The molecular weight excluding hydrogens is 240 g/mol. The Morgan fingerprint density at radius 3 is 2.76 bits per heavy atom. The Balaban J connectivity index is 2.64. The Labute approximate surface area is 107 Å². The van der Waals surface area contributed by atoms with E-state index in [0.717, 1.165) is 13.0 Å². The van der Waals surface area contributed by atoms with Crippen LogP contribution in [0.5, 0.6) is 5.75 Å². The Morgan fingerprint density at radius 2 is 2.18 bits per heavy atom. The van der Waals surface area contributed by atoms with E-state index in [-0.39, 0.29) is 6.04 Å². The number of nitrogens with zero attached hydrogens (tertiary/aromatic N) is 3. The summed E-state index contributed by atoms with van der Waals surface area (Å²) in [5.74, 6) is 1.13. The van der Waals surface area contributed by atoms with E-state index < -0.39 is 0 Å². The summed E-state index contributed by atoms with van der Waals surface area (Å²) in [4.78, 5) is 10.1. The summed E-state index contributed by atoms with van der Waals surface area (Å²) < 4.78 is 5.17. The largest absolute Gasteiger partial charge is 0.490 e. The number of aromatic nitrogens is 2. The van der Waals surface area contributed by atoms with Crippen LogP contribution in [0.3, 0.4) is 0 Å². The summed E-state index contributed by atoms with van der Waals surface area (Å²) in [6, 6.07) is 0.289. The van der Waals surface area contributed by atoms with Crippen LogP contribution in [-0.4, -0.2) is 48.7 Å². The molecule has 6 heteroatoms. The zero-order valence-electron chi connectivity index (χ0n) is 10.7. The zero-order valence-corrected chi connectivity index (χ0v) is 11.5. The highest BCUT2D eigenvalue weighted by molar-refractivity contribution is 6.31. The molecule has 0 fully saturated rings. The molecule has 5 nitrogen and oxygen atoms in total. The lowest BCUT2D eigenvalue weighted by molar-refractivity contribution is 0.388. The minimum Gasteiger partial charge on any atom is -0.490 e. The van der Waals surface area contributed by atoms with Crippen molar-refractivity contribution in [1.29, 1.82) is 0 Å². The molecule has 1 unspecified atom stereocenters. The van der Waals surface area contributed by atoms with Crippen molar-refractivity contribution in [3.05, 3.63) is 11.5 Å². The fourth-order valence-electron chi connectivity index (χ4n) is 1.39. The smallest absolute Gasteiger partial charge is 0.198 e. The van der Waals surface area contributed by atoms with Crippen molar-refractivity contribution in [2.24, 2.45) is 0 Å². The third-order valence-electron chi connectivity index (χ3n) is 2.36. The van der Waals surface area contributed by atoms with Gasteiger partial charge < -0.3 is 15.0 Å². The maximum absolute atomic E-state index is 5.92. The van der Waals surface area contributed by atoms with Crippen molar-refractivity contribution < 1.29 is 4.74 Å². The van der Waals surface area contributed by atoms with Gasteiger partial charge in [0.05, 0.1) is 7.11 Å². The number of hydrogen-bond acceptors (Lipinski definition) is 5. The van der Waals surface area contributed by atoms with E-state index in [4.69, 9.17) is 16.3 Å². The third-order valence-corrected chi connectivity index (χ3v) is 2.63. The molecule has 0 aliphatic heterocycles. The first-order valence-electron chi connectivity index (χ1n) is 5.50. The Kier molecular flexibility index (Phi) is 5.44. The molecular formula is C11H19ClN4O.